The van der Waals surface area contributed by atoms with Crippen molar-refractivity contribution in [3.8, 4) is 16.9 Å². The predicted octanol–water partition coefficient (Wildman–Crippen LogP) is 3.73. The van der Waals surface area contributed by atoms with E-state index in [-0.39, 0.29) is 17.2 Å². The van der Waals surface area contributed by atoms with Crippen LogP contribution < -0.4 is 10.9 Å². The molecule has 8 nitrogen and oxygen atoms in total. The number of rotatable bonds is 4. The maximum atomic E-state index is 12.6. The molecule has 0 saturated heterocycles. The molecule has 0 aliphatic rings. The zero-order valence-electron chi connectivity index (χ0n) is 17.1. The highest BCUT2D eigenvalue weighted by atomic mass is 16.2. The minimum absolute atomic E-state index is 0.214. The Morgan fingerprint density at radius 2 is 1.66 bits per heavy atom. The molecule has 3 aromatic carbocycles. The SMILES string of the molecule is Cc1ccccc1-n1cc(C(=O)Nc2ccc(-c3n[nH]c(=O)c4ccccc34)cc2)nn1. The van der Waals surface area contributed by atoms with Gasteiger partial charge >= 0.3 is 0 Å². The van der Waals surface area contributed by atoms with Crippen molar-refractivity contribution >= 4 is 22.4 Å². The van der Waals surface area contributed by atoms with E-state index < -0.39 is 0 Å². The number of nitrogens with one attached hydrogen (secondary N) is 2. The fraction of sp³-hybridized carbons (Fsp3) is 0.0417. The number of carbonyl (C=O) groups is 1. The lowest BCUT2D eigenvalue weighted by atomic mass is 10.0. The third kappa shape index (κ3) is 3.54. The van der Waals surface area contributed by atoms with Crippen LogP contribution in [0.5, 0.6) is 0 Å². The first kappa shape index (κ1) is 19.4. The van der Waals surface area contributed by atoms with Gasteiger partial charge in [-0.3, -0.25) is 9.59 Å². The van der Waals surface area contributed by atoms with E-state index >= 15 is 0 Å². The first-order valence-electron chi connectivity index (χ1n) is 9.98. The number of anilines is 1. The molecule has 32 heavy (non-hydrogen) atoms. The Labute approximate surface area is 182 Å². The number of hydrogen-bond acceptors (Lipinski definition) is 5. The molecule has 0 fully saturated rings. The van der Waals surface area contributed by atoms with Crippen molar-refractivity contribution in [3.05, 3.63) is 101 Å². The third-order valence-electron chi connectivity index (χ3n) is 5.20. The Kier molecular flexibility index (Phi) is 4.79. The molecule has 0 saturated carbocycles. The van der Waals surface area contributed by atoms with E-state index in [0.717, 1.165) is 22.2 Å². The second-order valence-electron chi connectivity index (χ2n) is 7.31. The van der Waals surface area contributed by atoms with Gasteiger partial charge in [0.2, 0.25) is 0 Å². The van der Waals surface area contributed by atoms with Crippen molar-refractivity contribution in [3.63, 3.8) is 0 Å². The van der Waals surface area contributed by atoms with Gasteiger partial charge in [-0.1, -0.05) is 53.7 Å². The fourth-order valence-corrected chi connectivity index (χ4v) is 3.55. The summed E-state index contributed by atoms with van der Waals surface area (Å²) < 4.78 is 1.58. The smallest absolute Gasteiger partial charge is 0.277 e. The van der Waals surface area contributed by atoms with Gasteiger partial charge in [0.15, 0.2) is 5.69 Å². The van der Waals surface area contributed by atoms with Crippen LogP contribution in [-0.2, 0) is 0 Å². The summed E-state index contributed by atoms with van der Waals surface area (Å²) in [6.45, 7) is 1.97. The van der Waals surface area contributed by atoms with Gasteiger partial charge < -0.3 is 5.32 Å². The monoisotopic (exact) mass is 422 g/mol. The largest absolute Gasteiger partial charge is 0.321 e. The van der Waals surface area contributed by atoms with Crippen LogP contribution in [0.3, 0.4) is 0 Å². The molecule has 0 bridgehead atoms. The van der Waals surface area contributed by atoms with E-state index in [1.54, 1.807) is 29.1 Å². The fourth-order valence-electron chi connectivity index (χ4n) is 3.55. The molecule has 8 heteroatoms. The van der Waals surface area contributed by atoms with E-state index in [2.05, 4.69) is 25.8 Å². The van der Waals surface area contributed by atoms with Crippen LogP contribution >= 0.6 is 0 Å². The summed E-state index contributed by atoms with van der Waals surface area (Å²) in [6.07, 6.45) is 1.60. The Morgan fingerprint density at radius 3 is 2.44 bits per heavy atom. The topological polar surface area (TPSA) is 106 Å². The van der Waals surface area contributed by atoms with E-state index in [4.69, 9.17) is 0 Å². The Balaban J connectivity index is 1.37. The van der Waals surface area contributed by atoms with Crippen molar-refractivity contribution in [1.82, 2.24) is 25.2 Å². The van der Waals surface area contributed by atoms with Crippen molar-refractivity contribution < 1.29 is 4.79 Å². The third-order valence-corrected chi connectivity index (χ3v) is 5.20. The summed E-state index contributed by atoms with van der Waals surface area (Å²) in [5.74, 6) is -0.356. The summed E-state index contributed by atoms with van der Waals surface area (Å²) >= 11 is 0. The molecule has 0 atom stereocenters. The number of carbonyl (C=O) groups excluding carboxylic acids is 1. The van der Waals surface area contributed by atoms with E-state index in [1.165, 1.54) is 0 Å². The number of hydrogen-bond donors (Lipinski definition) is 2. The first-order valence-corrected chi connectivity index (χ1v) is 9.98. The predicted molar refractivity (Wildman–Crippen MR) is 122 cm³/mol. The standard InChI is InChI=1S/C24H18N6O2/c1-15-6-2-5-9-21(15)30-14-20(26-29-30)24(32)25-17-12-10-16(11-13-17)22-18-7-3-4-8-19(18)23(31)28-27-22/h2-14H,1H3,(H,25,32)(H,28,31). The van der Waals surface area contributed by atoms with Gasteiger partial charge in [0.05, 0.1) is 23.0 Å². The molecule has 0 spiro atoms. The van der Waals surface area contributed by atoms with Crippen molar-refractivity contribution in [2.75, 3.05) is 5.32 Å². The number of benzene rings is 3. The van der Waals surface area contributed by atoms with Crippen LogP contribution in [0.25, 0.3) is 27.7 Å². The lowest BCUT2D eigenvalue weighted by Gasteiger charge is -2.07. The summed E-state index contributed by atoms with van der Waals surface area (Å²) in [5, 5.41) is 19.0. The maximum absolute atomic E-state index is 12.6. The molecule has 0 aliphatic carbocycles. The van der Waals surface area contributed by atoms with Gasteiger partial charge in [0.25, 0.3) is 11.5 Å². The van der Waals surface area contributed by atoms with Crippen LogP contribution in [0.2, 0.25) is 0 Å². The van der Waals surface area contributed by atoms with Crippen molar-refractivity contribution in [2.24, 2.45) is 0 Å². The van der Waals surface area contributed by atoms with Crippen LogP contribution in [0.4, 0.5) is 5.69 Å². The number of fused-ring (bicyclic) bond motifs is 1. The van der Waals surface area contributed by atoms with Gasteiger partial charge in [0.1, 0.15) is 0 Å². The van der Waals surface area contributed by atoms with E-state index in [1.807, 2.05) is 61.5 Å². The number of para-hydroxylation sites is 1. The second kappa shape index (κ2) is 7.92. The second-order valence-corrected chi connectivity index (χ2v) is 7.31. The summed E-state index contributed by atoms with van der Waals surface area (Å²) in [6, 6.07) is 22.3. The molecule has 2 heterocycles. The molecule has 5 rings (SSSR count). The molecule has 2 N–H and O–H groups in total. The Hall–Kier alpha value is -4.59. The van der Waals surface area contributed by atoms with Gasteiger partial charge in [-0.25, -0.2) is 9.78 Å². The number of aromatic amines is 1. The highest BCUT2D eigenvalue weighted by molar-refractivity contribution is 6.03. The Bertz CT molecular complexity index is 1500. The lowest BCUT2D eigenvalue weighted by Crippen LogP contribution is -2.12. The zero-order valence-corrected chi connectivity index (χ0v) is 17.1. The number of aromatic nitrogens is 5. The van der Waals surface area contributed by atoms with Gasteiger partial charge in [-0.2, -0.15) is 5.10 Å². The minimum Gasteiger partial charge on any atom is -0.321 e. The summed E-state index contributed by atoms with van der Waals surface area (Å²) in [7, 11) is 0. The van der Waals surface area contributed by atoms with Crippen LogP contribution in [0.1, 0.15) is 16.1 Å². The summed E-state index contributed by atoms with van der Waals surface area (Å²) in [4.78, 5) is 24.6. The molecule has 0 unspecified atom stereocenters. The number of nitrogens with zero attached hydrogens (tertiary/aromatic N) is 4. The van der Waals surface area contributed by atoms with E-state index in [0.29, 0.717) is 16.8 Å². The highest BCUT2D eigenvalue weighted by Gasteiger charge is 2.13. The first-order chi connectivity index (χ1) is 15.6. The molecule has 1 amide bonds. The molecular weight excluding hydrogens is 404 g/mol. The number of H-pyrrole nitrogens is 1. The van der Waals surface area contributed by atoms with Gasteiger partial charge in [-0.05, 0) is 36.8 Å². The van der Waals surface area contributed by atoms with Crippen molar-refractivity contribution in [2.45, 2.75) is 6.92 Å². The van der Waals surface area contributed by atoms with Gasteiger partial charge in [-0.15, -0.1) is 5.10 Å². The molecular formula is C24H18N6O2. The van der Waals surface area contributed by atoms with Gasteiger partial charge in [0, 0.05) is 16.6 Å². The van der Waals surface area contributed by atoms with Crippen LogP contribution in [0.15, 0.2) is 83.8 Å². The number of aryl methyl sites for hydroxylation is 1. The van der Waals surface area contributed by atoms with Crippen LogP contribution in [-0.4, -0.2) is 31.1 Å². The molecule has 156 valence electrons. The molecule has 0 radical (unpaired) electrons. The highest BCUT2D eigenvalue weighted by Crippen LogP contribution is 2.25. The summed E-state index contributed by atoms with van der Waals surface area (Å²) in [5.41, 5.74) is 3.98. The minimum atomic E-state index is -0.356. The average Bonchev–Trinajstić information content (AvgIpc) is 3.31. The average molecular weight is 422 g/mol. The molecule has 2 aromatic heterocycles. The Morgan fingerprint density at radius 1 is 0.938 bits per heavy atom. The quantitative estimate of drug-likeness (QED) is 0.459. The normalized spacial score (nSPS) is 10.9. The zero-order chi connectivity index (χ0) is 22.1. The van der Waals surface area contributed by atoms with Crippen molar-refractivity contribution in [1.29, 1.82) is 0 Å². The lowest BCUT2D eigenvalue weighted by molar-refractivity contribution is 0.102. The maximum Gasteiger partial charge on any atom is 0.277 e. The number of amides is 1. The van der Waals surface area contributed by atoms with E-state index in [9.17, 15) is 9.59 Å². The van der Waals surface area contributed by atoms with Crippen LogP contribution in [0, 0.1) is 6.92 Å². The molecule has 5 aromatic rings. The molecule has 0 aliphatic heterocycles.